The number of ether oxygens (including phenoxy) is 1. The molecule has 0 radical (unpaired) electrons. The third-order valence-electron chi connectivity index (χ3n) is 5.64. The molecule has 0 bridgehead atoms. The fourth-order valence-electron chi connectivity index (χ4n) is 4.77. The molecule has 4 unspecified atom stereocenters. The second-order valence-electron chi connectivity index (χ2n) is 6.71. The van der Waals surface area contributed by atoms with Crippen molar-refractivity contribution in [1.82, 2.24) is 0 Å². The number of carbonyl (C=O) groups is 1. The minimum Gasteiger partial charge on any atom is -0.465 e. The van der Waals surface area contributed by atoms with Crippen LogP contribution in [0.25, 0.3) is 0 Å². The molecule has 3 rings (SSSR count). The lowest BCUT2D eigenvalue weighted by atomic mass is 9.48. The van der Waals surface area contributed by atoms with Gasteiger partial charge in [-0.2, -0.15) is 5.26 Å². The first-order valence-electron chi connectivity index (χ1n) is 8.31. The van der Waals surface area contributed by atoms with Crippen LogP contribution in [0.5, 0.6) is 0 Å². The number of rotatable bonds is 5. The van der Waals surface area contributed by atoms with E-state index in [9.17, 15) is 10.1 Å². The van der Waals surface area contributed by atoms with Crippen LogP contribution in [0.4, 0.5) is 0 Å². The molecule has 1 aromatic rings. The van der Waals surface area contributed by atoms with Crippen molar-refractivity contribution in [2.75, 3.05) is 6.61 Å². The first-order valence-corrected chi connectivity index (χ1v) is 8.31. The Hall–Kier alpha value is -1.82. The van der Waals surface area contributed by atoms with Gasteiger partial charge in [0.1, 0.15) is 5.92 Å². The summed E-state index contributed by atoms with van der Waals surface area (Å²) < 4.78 is 5.20. The Morgan fingerprint density at radius 1 is 1.41 bits per heavy atom. The van der Waals surface area contributed by atoms with Crippen LogP contribution < -0.4 is 0 Å². The van der Waals surface area contributed by atoms with E-state index < -0.39 is 5.92 Å². The van der Waals surface area contributed by atoms with Gasteiger partial charge < -0.3 is 4.74 Å². The molecule has 3 heteroatoms. The number of esters is 1. The molecule has 4 atom stereocenters. The van der Waals surface area contributed by atoms with Crippen LogP contribution in [-0.4, -0.2) is 12.6 Å². The van der Waals surface area contributed by atoms with Crippen LogP contribution in [0.1, 0.15) is 38.2 Å². The smallest absolute Gasteiger partial charge is 0.323 e. The minimum absolute atomic E-state index is 0.219. The SMILES string of the molecule is CCOC(=O)C(C#N)C1(Cc2ccccc2)CC2CCCC21. The molecule has 116 valence electrons. The number of benzene rings is 1. The van der Waals surface area contributed by atoms with Gasteiger partial charge in [-0.05, 0) is 43.6 Å². The van der Waals surface area contributed by atoms with Crippen molar-refractivity contribution >= 4 is 5.97 Å². The van der Waals surface area contributed by atoms with Gasteiger partial charge in [0, 0.05) is 5.41 Å². The van der Waals surface area contributed by atoms with E-state index in [4.69, 9.17) is 4.74 Å². The highest BCUT2D eigenvalue weighted by Crippen LogP contribution is 2.63. The van der Waals surface area contributed by atoms with Crippen LogP contribution in [0.2, 0.25) is 0 Å². The van der Waals surface area contributed by atoms with Crippen molar-refractivity contribution in [3.63, 3.8) is 0 Å². The second kappa shape index (κ2) is 6.12. The standard InChI is InChI=1S/C19H23NO2/c1-2-22-18(21)17(13-20)19(11-14-7-4-3-5-8-14)12-15-9-6-10-16(15)19/h3-5,7-8,15-17H,2,6,9-12H2,1H3. The van der Waals surface area contributed by atoms with E-state index in [2.05, 4.69) is 18.2 Å². The third-order valence-corrected chi connectivity index (χ3v) is 5.64. The van der Waals surface area contributed by atoms with Crippen molar-refractivity contribution in [2.45, 2.75) is 39.0 Å². The Balaban J connectivity index is 1.90. The zero-order valence-corrected chi connectivity index (χ0v) is 13.1. The summed E-state index contributed by atoms with van der Waals surface area (Å²) in [5.41, 5.74) is 1.00. The van der Waals surface area contributed by atoms with Crippen molar-refractivity contribution in [3.8, 4) is 6.07 Å². The molecule has 0 aromatic heterocycles. The highest BCUT2D eigenvalue weighted by molar-refractivity contribution is 5.76. The molecule has 0 saturated heterocycles. The molecule has 0 N–H and O–H groups in total. The molecular formula is C19H23NO2. The highest BCUT2D eigenvalue weighted by atomic mass is 16.5. The van der Waals surface area contributed by atoms with E-state index in [-0.39, 0.29) is 11.4 Å². The number of hydrogen-bond donors (Lipinski definition) is 0. The summed E-state index contributed by atoms with van der Waals surface area (Å²) in [5, 5.41) is 9.67. The molecule has 2 aliphatic carbocycles. The van der Waals surface area contributed by atoms with E-state index in [0.717, 1.165) is 19.3 Å². The number of fused-ring (bicyclic) bond motifs is 1. The van der Waals surface area contributed by atoms with Crippen molar-refractivity contribution in [3.05, 3.63) is 35.9 Å². The summed E-state index contributed by atoms with van der Waals surface area (Å²) in [4.78, 5) is 12.3. The van der Waals surface area contributed by atoms with Crippen LogP contribution in [0.15, 0.2) is 30.3 Å². The predicted octanol–water partition coefficient (Wildman–Crippen LogP) is 3.74. The zero-order valence-electron chi connectivity index (χ0n) is 13.1. The normalized spacial score (nSPS) is 30.7. The zero-order chi connectivity index (χ0) is 15.6. The molecule has 2 saturated carbocycles. The quantitative estimate of drug-likeness (QED) is 0.778. The lowest BCUT2D eigenvalue weighted by Crippen LogP contribution is -2.54. The monoisotopic (exact) mass is 297 g/mol. The number of nitrogens with zero attached hydrogens (tertiary/aromatic N) is 1. The van der Waals surface area contributed by atoms with Gasteiger partial charge in [-0.15, -0.1) is 0 Å². The molecule has 0 heterocycles. The largest absolute Gasteiger partial charge is 0.465 e. The second-order valence-corrected chi connectivity index (χ2v) is 6.71. The highest BCUT2D eigenvalue weighted by Gasteiger charge is 2.61. The van der Waals surface area contributed by atoms with E-state index >= 15 is 0 Å². The minimum atomic E-state index is -0.632. The summed E-state index contributed by atoms with van der Waals surface area (Å²) in [6, 6.07) is 12.5. The Kier molecular flexibility index (Phi) is 4.20. The summed E-state index contributed by atoms with van der Waals surface area (Å²) in [6.45, 7) is 2.14. The Labute approximate surface area is 132 Å². The van der Waals surface area contributed by atoms with E-state index in [1.807, 2.05) is 18.2 Å². The van der Waals surface area contributed by atoms with Crippen LogP contribution in [0, 0.1) is 34.5 Å². The molecule has 2 fully saturated rings. The van der Waals surface area contributed by atoms with Gasteiger partial charge >= 0.3 is 5.97 Å². The first-order chi connectivity index (χ1) is 10.7. The molecule has 0 spiro atoms. The van der Waals surface area contributed by atoms with E-state index in [1.165, 1.54) is 18.4 Å². The molecule has 2 aliphatic rings. The van der Waals surface area contributed by atoms with Gasteiger partial charge in [0.05, 0.1) is 12.7 Å². The molecule has 22 heavy (non-hydrogen) atoms. The maximum atomic E-state index is 12.3. The van der Waals surface area contributed by atoms with Crippen molar-refractivity contribution in [1.29, 1.82) is 5.26 Å². The summed E-state index contributed by atoms with van der Waals surface area (Å²) in [5.74, 6) is 0.244. The first kappa shape index (κ1) is 15.1. The summed E-state index contributed by atoms with van der Waals surface area (Å²) >= 11 is 0. The Bertz CT molecular complexity index is 577. The van der Waals surface area contributed by atoms with Gasteiger partial charge in [-0.3, -0.25) is 4.79 Å². The van der Waals surface area contributed by atoms with Gasteiger partial charge in [0.2, 0.25) is 0 Å². The molecule has 0 amide bonds. The molecule has 1 aromatic carbocycles. The van der Waals surface area contributed by atoms with Gasteiger partial charge in [-0.25, -0.2) is 0 Å². The van der Waals surface area contributed by atoms with E-state index in [1.54, 1.807) is 6.92 Å². The molecular weight excluding hydrogens is 274 g/mol. The molecule has 3 nitrogen and oxygen atoms in total. The fourth-order valence-corrected chi connectivity index (χ4v) is 4.77. The van der Waals surface area contributed by atoms with Crippen LogP contribution in [-0.2, 0) is 16.0 Å². The van der Waals surface area contributed by atoms with Crippen molar-refractivity contribution < 1.29 is 9.53 Å². The Morgan fingerprint density at radius 3 is 2.82 bits per heavy atom. The lowest BCUT2D eigenvalue weighted by molar-refractivity contribution is -0.159. The third kappa shape index (κ3) is 2.41. The van der Waals surface area contributed by atoms with E-state index in [0.29, 0.717) is 18.4 Å². The van der Waals surface area contributed by atoms with Gasteiger partial charge in [0.15, 0.2) is 0 Å². The fraction of sp³-hybridized carbons (Fsp3) is 0.579. The summed E-state index contributed by atoms with van der Waals surface area (Å²) in [6.07, 6.45) is 5.43. The van der Waals surface area contributed by atoms with Crippen LogP contribution >= 0.6 is 0 Å². The molecule has 0 aliphatic heterocycles. The maximum absolute atomic E-state index is 12.3. The average Bonchev–Trinajstić information content (AvgIpc) is 2.90. The van der Waals surface area contributed by atoms with Crippen LogP contribution in [0.3, 0.4) is 0 Å². The predicted molar refractivity (Wildman–Crippen MR) is 83.8 cm³/mol. The summed E-state index contributed by atoms with van der Waals surface area (Å²) in [7, 11) is 0. The number of nitriles is 1. The van der Waals surface area contributed by atoms with Crippen molar-refractivity contribution in [2.24, 2.45) is 23.2 Å². The lowest BCUT2D eigenvalue weighted by Gasteiger charge is -2.54. The topological polar surface area (TPSA) is 50.1 Å². The number of hydrogen-bond acceptors (Lipinski definition) is 3. The Morgan fingerprint density at radius 2 is 2.18 bits per heavy atom. The maximum Gasteiger partial charge on any atom is 0.323 e. The average molecular weight is 297 g/mol. The van der Waals surface area contributed by atoms with Gasteiger partial charge in [0.25, 0.3) is 0 Å². The van der Waals surface area contributed by atoms with Gasteiger partial charge in [-0.1, -0.05) is 43.2 Å². The number of carbonyl (C=O) groups excluding carboxylic acids is 1.